The van der Waals surface area contributed by atoms with Crippen LogP contribution in [-0.2, 0) is 6.42 Å². The van der Waals surface area contributed by atoms with Gasteiger partial charge in [0, 0.05) is 17.4 Å². The summed E-state index contributed by atoms with van der Waals surface area (Å²) >= 11 is 3.24. The van der Waals surface area contributed by atoms with Crippen molar-refractivity contribution in [2.45, 2.75) is 18.9 Å². The molecule has 0 aliphatic carbocycles. The van der Waals surface area contributed by atoms with Gasteiger partial charge in [0.2, 0.25) is 0 Å². The molecule has 1 rings (SSSR count). The zero-order valence-electron chi connectivity index (χ0n) is 7.93. The Balaban J connectivity index is 2.87. The lowest BCUT2D eigenvalue weighted by atomic mass is 9.97. The highest BCUT2D eigenvalue weighted by molar-refractivity contribution is 9.10. The second-order valence-electron chi connectivity index (χ2n) is 3.61. The van der Waals surface area contributed by atoms with Crippen LogP contribution in [0.2, 0.25) is 0 Å². The van der Waals surface area contributed by atoms with E-state index in [1.165, 1.54) is 12.1 Å². The monoisotopic (exact) mass is 261 g/mol. The molecule has 0 aliphatic rings. The molecule has 4 heteroatoms. The minimum absolute atomic E-state index is 0.177. The Morgan fingerprint density at radius 2 is 2.21 bits per heavy atom. The fraction of sp³-hybridized carbons (Fsp3) is 0.400. The van der Waals surface area contributed by atoms with Crippen molar-refractivity contribution in [3.63, 3.8) is 0 Å². The first kappa shape index (κ1) is 11.6. The molecule has 0 saturated heterocycles. The number of rotatable bonds is 3. The molecule has 0 fully saturated rings. The fourth-order valence-electron chi connectivity index (χ4n) is 1.15. The molecule has 2 nitrogen and oxygen atoms in total. The van der Waals surface area contributed by atoms with Crippen molar-refractivity contribution in [2.75, 3.05) is 6.54 Å². The van der Waals surface area contributed by atoms with Crippen molar-refractivity contribution >= 4 is 15.9 Å². The van der Waals surface area contributed by atoms with E-state index in [4.69, 9.17) is 5.73 Å². The molecule has 1 atom stereocenters. The number of halogens is 2. The van der Waals surface area contributed by atoms with E-state index < -0.39 is 5.60 Å². The maximum atomic E-state index is 12.7. The molecule has 0 amide bonds. The van der Waals surface area contributed by atoms with E-state index in [2.05, 4.69) is 15.9 Å². The van der Waals surface area contributed by atoms with Gasteiger partial charge in [0.25, 0.3) is 0 Å². The first-order chi connectivity index (χ1) is 6.44. The Hall–Kier alpha value is -0.450. The van der Waals surface area contributed by atoms with Crippen molar-refractivity contribution in [2.24, 2.45) is 5.73 Å². The smallest absolute Gasteiger partial charge is 0.124 e. The van der Waals surface area contributed by atoms with Crippen LogP contribution in [0.5, 0.6) is 0 Å². The van der Waals surface area contributed by atoms with Crippen molar-refractivity contribution in [3.8, 4) is 0 Å². The van der Waals surface area contributed by atoms with Crippen molar-refractivity contribution in [3.05, 3.63) is 34.1 Å². The van der Waals surface area contributed by atoms with Crippen LogP contribution in [0.3, 0.4) is 0 Å². The van der Waals surface area contributed by atoms with E-state index in [1.807, 2.05) is 0 Å². The Bertz CT molecular complexity index is 328. The molecule has 0 aliphatic heterocycles. The standard InChI is InChI=1S/C10H13BrFNO/c1-10(14,6-13)5-7-2-3-8(12)4-9(7)11/h2-4,14H,5-6,13H2,1H3. The molecule has 0 spiro atoms. The predicted octanol–water partition coefficient (Wildman–Crippen LogP) is 1.84. The largest absolute Gasteiger partial charge is 0.389 e. The molecule has 1 unspecified atom stereocenters. The molecular formula is C10H13BrFNO. The average molecular weight is 262 g/mol. The van der Waals surface area contributed by atoms with Crippen LogP contribution in [0.15, 0.2) is 22.7 Å². The van der Waals surface area contributed by atoms with E-state index in [-0.39, 0.29) is 12.4 Å². The molecule has 1 aromatic carbocycles. The highest BCUT2D eigenvalue weighted by Gasteiger charge is 2.19. The number of aliphatic hydroxyl groups is 1. The zero-order valence-corrected chi connectivity index (χ0v) is 9.51. The molecule has 3 N–H and O–H groups in total. The summed E-state index contributed by atoms with van der Waals surface area (Å²) in [5.74, 6) is -0.298. The van der Waals surface area contributed by atoms with Gasteiger partial charge in [-0.25, -0.2) is 4.39 Å². The van der Waals surface area contributed by atoms with Crippen LogP contribution >= 0.6 is 15.9 Å². The molecule has 0 radical (unpaired) electrons. The van der Waals surface area contributed by atoms with Gasteiger partial charge in [-0.1, -0.05) is 22.0 Å². The summed E-state index contributed by atoms with van der Waals surface area (Å²) in [6, 6.07) is 4.39. The maximum absolute atomic E-state index is 12.7. The fourth-order valence-corrected chi connectivity index (χ4v) is 1.64. The van der Waals surface area contributed by atoms with Crippen LogP contribution in [0.4, 0.5) is 4.39 Å². The van der Waals surface area contributed by atoms with Crippen LogP contribution in [0.1, 0.15) is 12.5 Å². The highest BCUT2D eigenvalue weighted by atomic mass is 79.9. The van der Waals surface area contributed by atoms with E-state index in [9.17, 15) is 9.50 Å². The Morgan fingerprint density at radius 1 is 1.57 bits per heavy atom. The normalized spacial score (nSPS) is 15.2. The lowest BCUT2D eigenvalue weighted by Crippen LogP contribution is -2.36. The summed E-state index contributed by atoms with van der Waals surface area (Å²) in [5, 5.41) is 9.73. The third-order valence-electron chi connectivity index (χ3n) is 2.03. The zero-order chi connectivity index (χ0) is 10.8. The number of hydrogen-bond acceptors (Lipinski definition) is 2. The molecule has 14 heavy (non-hydrogen) atoms. The van der Waals surface area contributed by atoms with Crippen LogP contribution < -0.4 is 5.73 Å². The molecule has 0 saturated carbocycles. The van der Waals surface area contributed by atoms with E-state index in [0.29, 0.717) is 10.9 Å². The van der Waals surface area contributed by atoms with Gasteiger partial charge in [-0.2, -0.15) is 0 Å². The van der Waals surface area contributed by atoms with Crippen molar-refractivity contribution in [1.29, 1.82) is 0 Å². The van der Waals surface area contributed by atoms with Gasteiger partial charge in [-0.3, -0.25) is 0 Å². The average Bonchev–Trinajstić information content (AvgIpc) is 2.10. The second kappa shape index (κ2) is 4.38. The van der Waals surface area contributed by atoms with E-state index >= 15 is 0 Å². The maximum Gasteiger partial charge on any atom is 0.124 e. The number of benzene rings is 1. The summed E-state index contributed by atoms with van der Waals surface area (Å²) in [7, 11) is 0. The van der Waals surface area contributed by atoms with E-state index in [0.717, 1.165) is 5.56 Å². The third kappa shape index (κ3) is 3.04. The highest BCUT2D eigenvalue weighted by Crippen LogP contribution is 2.22. The number of hydrogen-bond donors (Lipinski definition) is 2. The summed E-state index contributed by atoms with van der Waals surface area (Å²) in [6.07, 6.45) is 0.407. The lowest BCUT2D eigenvalue weighted by molar-refractivity contribution is 0.0694. The molecule has 78 valence electrons. The molecular weight excluding hydrogens is 249 g/mol. The van der Waals surface area contributed by atoms with Gasteiger partial charge in [0.15, 0.2) is 0 Å². The van der Waals surface area contributed by atoms with Gasteiger partial charge < -0.3 is 10.8 Å². The van der Waals surface area contributed by atoms with E-state index in [1.54, 1.807) is 13.0 Å². The van der Waals surface area contributed by atoms with Crippen LogP contribution in [0.25, 0.3) is 0 Å². The van der Waals surface area contributed by atoms with Gasteiger partial charge in [-0.15, -0.1) is 0 Å². The van der Waals surface area contributed by atoms with Crippen LogP contribution in [0, 0.1) is 5.82 Å². The molecule has 0 heterocycles. The van der Waals surface area contributed by atoms with Gasteiger partial charge in [0.05, 0.1) is 5.60 Å². The van der Waals surface area contributed by atoms with Gasteiger partial charge in [-0.05, 0) is 24.6 Å². The Morgan fingerprint density at radius 3 is 2.71 bits per heavy atom. The summed E-state index contributed by atoms with van der Waals surface area (Å²) in [4.78, 5) is 0. The summed E-state index contributed by atoms with van der Waals surface area (Å²) in [5.41, 5.74) is 5.30. The predicted molar refractivity (Wildman–Crippen MR) is 57.5 cm³/mol. The first-order valence-corrected chi connectivity index (χ1v) is 5.10. The topological polar surface area (TPSA) is 46.2 Å². The quantitative estimate of drug-likeness (QED) is 0.873. The lowest BCUT2D eigenvalue weighted by Gasteiger charge is -2.21. The summed E-state index contributed by atoms with van der Waals surface area (Å²) < 4.78 is 13.4. The van der Waals surface area contributed by atoms with Gasteiger partial charge >= 0.3 is 0 Å². The Kier molecular flexibility index (Phi) is 3.64. The molecule has 1 aromatic rings. The van der Waals surface area contributed by atoms with Crippen molar-refractivity contribution in [1.82, 2.24) is 0 Å². The first-order valence-electron chi connectivity index (χ1n) is 4.31. The molecule has 0 aromatic heterocycles. The Labute approximate surface area is 91.1 Å². The second-order valence-corrected chi connectivity index (χ2v) is 4.47. The molecule has 0 bridgehead atoms. The SMILES string of the molecule is CC(O)(CN)Cc1ccc(F)cc1Br. The minimum Gasteiger partial charge on any atom is -0.389 e. The third-order valence-corrected chi connectivity index (χ3v) is 2.76. The van der Waals surface area contributed by atoms with Crippen LogP contribution in [-0.4, -0.2) is 17.3 Å². The van der Waals surface area contributed by atoms with Gasteiger partial charge in [0.1, 0.15) is 5.82 Å². The minimum atomic E-state index is -0.944. The summed E-state index contributed by atoms with van der Waals surface area (Å²) in [6.45, 7) is 1.83. The number of nitrogens with two attached hydrogens (primary N) is 1. The van der Waals surface area contributed by atoms with Crippen molar-refractivity contribution < 1.29 is 9.50 Å².